The summed E-state index contributed by atoms with van der Waals surface area (Å²) in [6.07, 6.45) is 0. The van der Waals surface area contributed by atoms with Gasteiger partial charge < -0.3 is 15.4 Å². The van der Waals surface area contributed by atoms with Crippen molar-refractivity contribution in [3.05, 3.63) is 93.9 Å². The molecule has 0 saturated carbocycles. The minimum Gasteiger partial charge on any atom is -0.477 e. The minimum atomic E-state index is -1.31. The van der Waals surface area contributed by atoms with Crippen molar-refractivity contribution >= 4 is 34.3 Å². The van der Waals surface area contributed by atoms with E-state index in [1.54, 1.807) is 34.9 Å². The van der Waals surface area contributed by atoms with E-state index in [4.69, 9.17) is 5.73 Å². The van der Waals surface area contributed by atoms with Crippen LogP contribution in [0.2, 0.25) is 0 Å². The summed E-state index contributed by atoms with van der Waals surface area (Å²) in [6, 6.07) is 19.1. The van der Waals surface area contributed by atoms with Crippen LogP contribution in [0.25, 0.3) is 22.0 Å². The van der Waals surface area contributed by atoms with Crippen molar-refractivity contribution in [2.24, 2.45) is 0 Å². The van der Waals surface area contributed by atoms with Crippen LogP contribution in [0.5, 0.6) is 0 Å². The summed E-state index contributed by atoms with van der Waals surface area (Å²) in [4.78, 5) is 24.7. The smallest absolute Gasteiger partial charge is 0.342 e. The Kier molecular flexibility index (Phi) is 4.15. The maximum absolute atomic E-state index is 15.0. The number of halogens is 1. The number of nitrogens with zero attached hydrogens (tertiary/aromatic N) is 1. The fourth-order valence-corrected chi connectivity index (χ4v) is 5.05. The molecule has 148 valence electrons. The molecule has 0 fully saturated rings. The maximum atomic E-state index is 15.0. The summed E-state index contributed by atoms with van der Waals surface area (Å²) >= 11 is 1.32. The van der Waals surface area contributed by atoms with Gasteiger partial charge in [-0.2, -0.15) is 0 Å². The Labute approximate surface area is 174 Å². The summed E-state index contributed by atoms with van der Waals surface area (Å²) < 4.78 is 16.8. The number of hydrogen-bond acceptors (Lipinski definition) is 4. The third kappa shape index (κ3) is 2.70. The van der Waals surface area contributed by atoms with Gasteiger partial charge in [0.2, 0.25) is 5.43 Å². The van der Waals surface area contributed by atoms with Crippen molar-refractivity contribution in [3.63, 3.8) is 0 Å². The largest absolute Gasteiger partial charge is 0.477 e. The Morgan fingerprint density at radius 2 is 1.77 bits per heavy atom. The molecule has 0 amide bonds. The number of thioether (sulfide) groups is 1. The molecule has 1 atom stereocenters. The molecule has 0 radical (unpaired) electrons. The summed E-state index contributed by atoms with van der Waals surface area (Å²) in [6.45, 7) is 0. The van der Waals surface area contributed by atoms with Gasteiger partial charge >= 0.3 is 5.97 Å². The summed E-state index contributed by atoms with van der Waals surface area (Å²) in [5.41, 5.74) is 7.71. The Balaban J connectivity index is 1.82. The van der Waals surface area contributed by atoms with Crippen LogP contribution in [0.3, 0.4) is 0 Å². The first-order valence-corrected chi connectivity index (χ1v) is 10.1. The van der Waals surface area contributed by atoms with Gasteiger partial charge in [0.25, 0.3) is 0 Å². The summed E-state index contributed by atoms with van der Waals surface area (Å²) in [5.74, 6) is -1.91. The predicted molar refractivity (Wildman–Crippen MR) is 115 cm³/mol. The molecule has 1 unspecified atom stereocenters. The molecule has 0 aliphatic carbocycles. The van der Waals surface area contributed by atoms with E-state index < -0.39 is 17.2 Å². The standard InChI is InChI=1S/C23H15FN2O3S/c24-17-10-16-18(11-15(17)12-6-8-14(25)9-7-12)26-21(13-4-2-1-3-5-13)30-22(26)19(20(16)27)23(28)29/h1-11,21H,25H2,(H,28,29). The van der Waals surface area contributed by atoms with Crippen molar-refractivity contribution in [3.8, 4) is 11.1 Å². The van der Waals surface area contributed by atoms with Gasteiger partial charge in [0, 0.05) is 16.6 Å². The van der Waals surface area contributed by atoms with Gasteiger partial charge in [0.15, 0.2) is 0 Å². The molecule has 5 rings (SSSR count). The van der Waals surface area contributed by atoms with E-state index in [0.29, 0.717) is 27.4 Å². The lowest BCUT2D eigenvalue weighted by Gasteiger charge is -2.35. The number of pyridine rings is 1. The van der Waals surface area contributed by atoms with E-state index in [1.165, 1.54) is 11.8 Å². The highest BCUT2D eigenvalue weighted by molar-refractivity contribution is 8.00. The van der Waals surface area contributed by atoms with Gasteiger partial charge in [-0.3, -0.25) is 4.79 Å². The Morgan fingerprint density at radius 1 is 1.07 bits per heavy atom. The third-order valence-electron chi connectivity index (χ3n) is 5.23. The number of carboxylic acid groups (broad SMARTS) is 1. The normalized spacial score (nSPS) is 14.9. The summed E-state index contributed by atoms with van der Waals surface area (Å²) in [7, 11) is 0. The van der Waals surface area contributed by atoms with Gasteiger partial charge in [-0.25, -0.2) is 9.18 Å². The van der Waals surface area contributed by atoms with Gasteiger partial charge in [0.05, 0.1) is 10.5 Å². The van der Waals surface area contributed by atoms with Crippen molar-refractivity contribution < 1.29 is 14.3 Å². The quantitative estimate of drug-likeness (QED) is 0.470. The molecule has 7 heteroatoms. The van der Waals surface area contributed by atoms with Crippen LogP contribution in [0.4, 0.5) is 10.1 Å². The lowest BCUT2D eigenvalue weighted by atomic mass is 10.0. The van der Waals surface area contributed by atoms with Crippen molar-refractivity contribution in [1.82, 2.24) is 4.57 Å². The number of fused-ring (bicyclic) bond motifs is 3. The number of hydrogen-bond donors (Lipinski definition) is 2. The first-order chi connectivity index (χ1) is 14.5. The molecule has 30 heavy (non-hydrogen) atoms. The Bertz CT molecular complexity index is 1380. The van der Waals surface area contributed by atoms with Crippen molar-refractivity contribution in [2.75, 3.05) is 5.73 Å². The summed E-state index contributed by atoms with van der Waals surface area (Å²) in [5, 5.41) is 9.84. The second-order valence-electron chi connectivity index (χ2n) is 7.04. The SMILES string of the molecule is Nc1ccc(-c2cc3c(cc2F)c(=O)c(C(=O)O)c2n3C(c3ccccc3)S2)cc1. The number of anilines is 1. The van der Waals surface area contributed by atoms with Gasteiger partial charge in [0.1, 0.15) is 16.8 Å². The fraction of sp³-hybridized carbons (Fsp3) is 0.0435. The Morgan fingerprint density at radius 3 is 2.43 bits per heavy atom. The van der Waals surface area contributed by atoms with Crippen LogP contribution in [0, 0.1) is 5.82 Å². The van der Waals surface area contributed by atoms with Crippen LogP contribution < -0.4 is 11.2 Å². The van der Waals surface area contributed by atoms with Crippen molar-refractivity contribution in [2.45, 2.75) is 10.4 Å². The average Bonchev–Trinajstić information content (AvgIpc) is 2.71. The highest BCUT2D eigenvalue weighted by Crippen LogP contribution is 2.50. The first kappa shape index (κ1) is 18.4. The van der Waals surface area contributed by atoms with Crippen LogP contribution in [0.1, 0.15) is 21.3 Å². The van der Waals surface area contributed by atoms with Crippen molar-refractivity contribution in [1.29, 1.82) is 0 Å². The number of aromatic carboxylic acids is 1. The third-order valence-corrected chi connectivity index (χ3v) is 6.56. The van der Waals surface area contributed by atoms with E-state index in [-0.39, 0.29) is 16.3 Å². The zero-order chi connectivity index (χ0) is 21.0. The van der Waals surface area contributed by atoms with Crippen LogP contribution >= 0.6 is 11.8 Å². The van der Waals surface area contributed by atoms with Crippen LogP contribution in [-0.4, -0.2) is 15.6 Å². The minimum absolute atomic E-state index is 0.0501. The second-order valence-corrected chi connectivity index (χ2v) is 8.11. The molecule has 1 aliphatic rings. The first-order valence-electron chi connectivity index (χ1n) is 9.18. The van der Waals surface area contributed by atoms with E-state index in [0.717, 1.165) is 11.6 Å². The number of benzene rings is 3. The number of rotatable bonds is 3. The van der Waals surface area contributed by atoms with E-state index in [2.05, 4.69) is 0 Å². The molecule has 0 spiro atoms. The van der Waals surface area contributed by atoms with E-state index in [1.807, 2.05) is 30.3 Å². The number of carboxylic acids is 1. The van der Waals surface area contributed by atoms with E-state index >= 15 is 0 Å². The zero-order valence-corrected chi connectivity index (χ0v) is 16.3. The highest BCUT2D eigenvalue weighted by atomic mass is 32.2. The Hall–Kier alpha value is -3.58. The number of nitrogens with two attached hydrogens (primary N) is 1. The molecule has 1 aromatic heterocycles. The molecule has 4 aromatic rings. The van der Waals surface area contributed by atoms with Gasteiger partial charge in [-0.05, 0) is 35.4 Å². The van der Waals surface area contributed by atoms with Gasteiger partial charge in [-0.15, -0.1) is 0 Å². The molecule has 3 N–H and O–H groups in total. The fourth-order valence-electron chi connectivity index (χ4n) is 3.77. The van der Waals surface area contributed by atoms with Gasteiger partial charge in [-0.1, -0.05) is 54.2 Å². The lowest BCUT2D eigenvalue weighted by Crippen LogP contribution is -2.29. The van der Waals surface area contributed by atoms with E-state index in [9.17, 15) is 19.1 Å². The molecule has 3 aromatic carbocycles. The zero-order valence-electron chi connectivity index (χ0n) is 15.5. The predicted octanol–water partition coefficient (Wildman–Crippen LogP) is 4.74. The molecular formula is C23H15FN2O3S. The highest BCUT2D eigenvalue weighted by Gasteiger charge is 2.36. The second kappa shape index (κ2) is 6.74. The average molecular weight is 418 g/mol. The molecular weight excluding hydrogens is 403 g/mol. The number of aromatic nitrogens is 1. The number of nitrogen functional groups attached to an aromatic ring is 1. The number of carbonyl (C=O) groups is 1. The van der Waals surface area contributed by atoms with Crippen LogP contribution in [-0.2, 0) is 0 Å². The molecule has 1 aliphatic heterocycles. The molecule has 2 heterocycles. The van der Waals surface area contributed by atoms with Crippen LogP contribution in [0.15, 0.2) is 76.6 Å². The molecule has 0 saturated heterocycles. The molecule has 5 nitrogen and oxygen atoms in total. The lowest BCUT2D eigenvalue weighted by molar-refractivity contribution is 0.0689. The topological polar surface area (TPSA) is 85.3 Å². The maximum Gasteiger partial charge on any atom is 0.342 e. The molecule has 0 bridgehead atoms. The monoisotopic (exact) mass is 418 g/mol.